The predicted octanol–water partition coefficient (Wildman–Crippen LogP) is 10.3. The van der Waals surface area contributed by atoms with E-state index >= 15 is 0 Å². The largest absolute Gasteiger partial charge is 0.289 e. The van der Waals surface area contributed by atoms with Crippen molar-refractivity contribution in [1.29, 1.82) is 0 Å². The normalized spacial score (nSPS) is 13.4. The molecule has 1 atom stereocenters. The molecule has 1 aliphatic rings. The Morgan fingerprint density at radius 1 is 0.457 bits per heavy atom. The summed E-state index contributed by atoms with van der Waals surface area (Å²) >= 11 is 0. The number of hydrogen-bond acceptors (Lipinski definition) is 2. The van der Waals surface area contributed by atoms with Crippen LogP contribution in [0.1, 0.15) is 69.7 Å². The van der Waals surface area contributed by atoms with Crippen molar-refractivity contribution < 1.29 is 9.59 Å². The van der Waals surface area contributed by atoms with Gasteiger partial charge in [-0.1, -0.05) is 105 Å². The van der Waals surface area contributed by atoms with Crippen LogP contribution in [0.4, 0.5) is 0 Å². The van der Waals surface area contributed by atoms with Crippen LogP contribution in [0, 0.1) is 0 Å². The second-order valence-electron chi connectivity index (χ2n) is 11.8. The Kier molecular flexibility index (Phi) is 8.02. The van der Waals surface area contributed by atoms with Gasteiger partial charge in [0.2, 0.25) is 0 Å². The first kappa shape index (κ1) is 29.7. The van der Waals surface area contributed by atoms with E-state index in [0.29, 0.717) is 16.7 Å². The molecule has 2 nitrogen and oxygen atoms in total. The molecule has 0 N–H and O–H groups in total. The molecule has 0 aliphatic heterocycles. The van der Waals surface area contributed by atoms with E-state index in [4.69, 9.17) is 0 Å². The molecule has 0 saturated carbocycles. The van der Waals surface area contributed by atoms with Crippen LogP contribution in [-0.2, 0) is 16.3 Å². The lowest BCUT2D eigenvalue weighted by atomic mass is 9.73. The molecule has 0 amide bonds. The zero-order chi connectivity index (χ0) is 31.7. The molecule has 0 bridgehead atoms. The van der Waals surface area contributed by atoms with Gasteiger partial charge in [-0.25, -0.2) is 0 Å². The van der Waals surface area contributed by atoms with E-state index in [1.807, 2.05) is 78.9 Å². The van der Waals surface area contributed by atoms with Crippen LogP contribution in [0.2, 0.25) is 0 Å². The van der Waals surface area contributed by atoms with Crippen molar-refractivity contribution >= 4 is 22.5 Å². The maximum absolute atomic E-state index is 13.5. The molecule has 6 aromatic carbocycles. The molecule has 0 spiro atoms. The van der Waals surface area contributed by atoms with Gasteiger partial charge in [-0.3, -0.25) is 9.59 Å². The van der Waals surface area contributed by atoms with Crippen LogP contribution in [0.5, 0.6) is 0 Å². The third-order valence-corrected chi connectivity index (χ3v) is 11.7. The van der Waals surface area contributed by atoms with Crippen LogP contribution in [-0.4, -0.2) is 11.6 Å². The third kappa shape index (κ3) is 5.11. The van der Waals surface area contributed by atoms with Crippen molar-refractivity contribution in [3.8, 4) is 11.1 Å². The van der Waals surface area contributed by atoms with Crippen LogP contribution in [0.3, 0.4) is 0 Å². The summed E-state index contributed by atoms with van der Waals surface area (Å²) in [6.45, 7) is 4.53. The predicted molar refractivity (Wildman–Crippen MR) is 188 cm³/mol. The minimum Gasteiger partial charge on any atom is -0.289 e. The molecule has 3 heteroatoms. The molecule has 1 aliphatic carbocycles. The molecule has 0 radical (unpaired) electrons. The van der Waals surface area contributed by atoms with E-state index in [1.54, 1.807) is 0 Å². The molecule has 224 valence electrons. The molecule has 46 heavy (non-hydrogen) atoms. The summed E-state index contributed by atoms with van der Waals surface area (Å²) in [4.78, 5) is 30.3. The lowest BCUT2D eigenvalue weighted by Crippen LogP contribution is -2.24. The quantitative estimate of drug-likeness (QED) is 0.120. The highest BCUT2D eigenvalue weighted by Gasteiger charge is 2.42. The molecule has 0 heterocycles. The van der Waals surface area contributed by atoms with Gasteiger partial charge in [0.15, 0.2) is 26.3 Å². The zero-order valence-electron chi connectivity index (χ0n) is 26.1. The Bertz CT molecular complexity index is 2030. The van der Waals surface area contributed by atoms with E-state index in [2.05, 4.69) is 86.6 Å². The van der Waals surface area contributed by atoms with Gasteiger partial charge in [0, 0.05) is 27.7 Å². The zero-order valence-corrected chi connectivity index (χ0v) is 26.9. The first-order chi connectivity index (χ1) is 22.5. The van der Waals surface area contributed by atoms with E-state index in [-0.39, 0.29) is 27.9 Å². The fourth-order valence-electron chi connectivity index (χ4n) is 6.97. The maximum Gasteiger partial charge on any atom is 0.193 e. The summed E-state index contributed by atoms with van der Waals surface area (Å²) in [5.74, 6) is 0.0868. The monoisotopic (exact) mass is 615 g/mol. The average molecular weight is 616 g/mol. The maximum atomic E-state index is 13.5. The van der Waals surface area contributed by atoms with Crippen LogP contribution in [0.15, 0.2) is 166 Å². The Hall–Kier alpha value is -4.99. The van der Waals surface area contributed by atoms with Crippen molar-refractivity contribution in [2.24, 2.45) is 0 Å². The second kappa shape index (κ2) is 12.4. The van der Waals surface area contributed by atoms with Crippen molar-refractivity contribution in [2.75, 3.05) is 0 Å². The average Bonchev–Trinajstić information content (AvgIpc) is 3.41. The van der Waals surface area contributed by atoms with Crippen molar-refractivity contribution in [2.45, 2.75) is 46.8 Å². The summed E-state index contributed by atoms with van der Waals surface area (Å²) in [7, 11) is -0.378. The van der Waals surface area contributed by atoms with E-state index in [9.17, 15) is 9.59 Å². The summed E-state index contributed by atoms with van der Waals surface area (Å²) in [6, 6.07) is 51.0. The van der Waals surface area contributed by atoms with Gasteiger partial charge in [0.1, 0.15) is 0 Å². The second-order valence-corrected chi connectivity index (χ2v) is 13.8. The Morgan fingerprint density at radius 2 is 0.870 bits per heavy atom. The van der Waals surface area contributed by atoms with Gasteiger partial charge in [0.05, 0.1) is 10.9 Å². The summed E-state index contributed by atoms with van der Waals surface area (Å²) in [5.41, 5.74) is 7.69. The van der Waals surface area contributed by atoms with Crippen molar-refractivity contribution in [3.05, 3.63) is 185 Å². The highest BCUT2D eigenvalue weighted by molar-refractivity contribution is 7.97. The van der Waals surface area contributed by atoms with E-state index < -0.39 is 0 Å². The van der Waals surface area contributed by atoms with E-state index in [0.717, 1.165) is 18.4 Å². The molecule has 0 saturated heterocycles. The highest BCUT2D eigenvalue weighted by atomic mass is 32.2. The summed E-state index contributed by atoms with van der Waals surface area (Å²) < 4.78 is 0. The molecule has 6 aromatic rings. The first-order valence-electron chi connectivity index (χ1n) is 15.9. The third-order valence-electron chi connectivity index (χ3n) is 9.44. The van der Waals surface area contributed by atoms with Gasteiger partial charge >= 0.3 is 0 Å². The SMILES string of the molecule is CCC1(CC)c2cc(C(=O)c3ccccc3)ccc2-c2ccc([S+](c3ccccc3)c3ccc(C(=O)c4ccccc4)cc3)cc21. The van der Waals surface area contributed by atoms with Crippen LogP contribution < -0.4 is 0 Å². The Balaban J connectivity index is 1.31. The minimum atomic E-state index is -0.378. The summed E-state index contributed by atoms with van der Waals surface area (Å²) in [5, 5.41) is 0. The van der Waals surface area contributed by atoms with Crippen LogP contribution >= 0.6 is 0 Å². The van der Waals surface area contributed by atoms with Gasteiger partial charge in [0.25, 0.3) is 0 Å². The lowest BCUT2D eigenvalue weighted by Gasteiger charge is -2.30. The fourth-order valence-corrected chi connectivity index (χ4v) is 9.07. The van der Waals surface area contributed by atoms with Gasteiger partial charge in [-0.15, -0.1) is 0 Å². The standard InChI is InChI=1S/C43H35O2S/c1-3-43(4-2)39-28-33(42(45)31-16-10-6-11-17-31)22-26-37(39)38-27-25-36(29-40(38)43)46(34-18-12-7-13-19-34)35-23-20-32(21-24-35)41(44)30-14-8-5-9-15-30/h5-29H,3-4H2,1-2H3/q+1. The number of fused-ring (bicyclic) bond motifs is 3. The highest BCUT2D eigenvalue weighted by Crippen LogP contribution is 2.54. The molecule has 0 fully saturated rings. The molecule has 0 aromatic heterocycles. The fraction of sp³-hybridized carbons (Fsp3) is 0.116. The molecular formula is C43H35O2S+. The smallest absolute Gasteiger partial charge is 0.193 e. The Morgan fingerprint density at radius 3 is 1.43 bits per heavy atom. The van der Waals surface area contributed by atoms with E-state index in [1.165, 1.54) is 36.9 Å². The number of carbonyl (C=O) groups excluding carboxylic acids is 2. The minimum absolute atomic E-state index is 0.0304. The number of rotatable bonds is 9. The molecule has 1 unspecified atom stereocenters. The number of hydrogen-bond donors (Lipinski definition) is 0. The first-order valence-corrected chi connectivity index (χ1v) is 17.1. The number of ketones is 2. The topological polar surface area (TPSA) is 34.1 Å². The van der Waals surface area contributed by atoms with Crippen molar-refractivity contribution in [3.63, 3.8) is 0 Å². The Labute approximate surface area is 274 Å². The van der Waals surface area contributed by atoms with Gasteiger partial charge < -0.3 is 0 Å². The molecule has 7 rings (SSSR count). The van der Waals surface area contributed by atoms with Crippen molar-refractivity contribution in [1.82, 2.24) is 0 Å². The number of benzene rings is 6. The van der Waals surface area contributed by atoms with Gasteiger partial charge in [-0.2, -0.15) is 0 Å². The van der Waals surface area contributed by atoms with Crippen LogP contribution in [0.25, 0.3) is 11.1 Å². The summed E-state index contributed by atoms with van der Waals surface area (Å²) in [6.07, 6.45) is 1.87. The lowest BCUT2D eigenvalue weighted by molar-refractivity contribution is 0.103. The number of carbonyl (C=O) groups is 2. The molecular weight excluding hydrogens is 581 g/mol. The van der Waals surface area contributed by atoms with Gasteiger partial charge in [-0.05, 0) is 95.8 Å².